The van der Waals surface area contributed by atoms with Gasteiger partial charge in [-0.05, 0) is 48.7 Å². The van der Waals surface area contributed by atoms with Crippen LogP contribution in [-0.2, 0) is 0 Å². The molecule has 5 nitrogen and oxygen atoms in total. The van der Waals surface area contributed by atoms with Gasteiger partial charge in [0.15, 0.2) is 0 Å². The lowest BCUT2D eigenvalue weighted by molar-refractivity contribution is 0.428. The summed E-state index contributed by atoms with van der Waals surface area (Å²) >= 11 is 0. The largest absolute Gasteiger partial charge is 0.508 e. The Bertz CT molecular complexity index is 587. The minimum absolute atomic E-state index is 0.249. The van der Waals surface area contributed by atoms with E-state index in [1.807, 2.05) is 13.0 Å². The quantitative estimate of drug-likeness (QED) is 0.910. The Kier molecular flexibility index (Phi) is 3.58. The third kappa shape index (κ3) is 2.61. The first-order valence-electron chi connectivity index (χ1n) is 7.13. The second-order valence-corrected chi connectivity index (χ2v) is 5.30. The van der Waals surface area contributed by atoms with E-state index in [9.17, 15) is 5.11 Å². The van der Waals surface area contributed by atoms with E-state index < -0.39 is 0 Å². The number of hydrogen-bond acceptors (Lipinski definition) is 5. The number of aromatic hydroxyl groups is 1. The van der Waals surface area contributed by atoms with Gasteiger partial charge in [-0.15, -0.1) is 0 Å². The van der Waals surface area contributed by atoms with Crippen LogP contribution < -0.4 is 4.90 Å². The molecule has 0 spiro atoms. The molecule has 0 radical (unpaired) electrons. The highest BCUT2D eigenvalue weighted by Crippen LogP contribution is 2.27. The van der Waals surface area contributed by atoms with Crippen LogP contribution in [0.1, 0.15) is 31.2 Å². The van der Waals surface area contributed by atoms with Crippen molar-refractivity contribution in [2.24, 2.45) is 0 Å². The predicted octanol–water partition coefficient (Wildman–Crippen LogP) is 3.13. The third-order valence-electron chi connectivity index (χ3n) is 3.74. The minimum atomic E-state index is 0.249. The second-order valence-electron chi connectivity index (χ2n) is 5.30. The van der Waals surface area contributed by atoms with Crippen LogP contribution in [0, 0.1) is 6.92 Å². The number of phenolic OH excluding ortho intramolecular Hbond substituents is 1. The standard InChI is InChI=1S/C15H19N3O2/c1-11-10-12(19)6-7-13(11)14-16-15(17-20-14)18-8-4-2-3-5-9-18/h6-7,10,19H,2-5,8-9H2,1H3. The number of benzene rings is 1. The van der Waals surface area contributed by atoms with E-state index in [1.54, 1.807) is 12.1 Å². The summed E-state index contributed by atoms with van der Waals surface area (Å²) in [4.78, 5) is 6.69. The van der Waals surface area contributed by atoms with Crippen LogP contribution in [0.2, 0.25) is 0 Å². The monoisotopic (exact) mass is 273 g/mol. The number of nitrogens with zero attached hydrogens (tertiary/aromatic N) is 3. The van der Waals surface area contributed by atoms with Crippen molar-refractivity contribution in [3.63, 3.8) is 0 Å². The lowest BCUT2D eigenvalue weighted by Crippen LogP contribution is -2.24. The Hall–Kier alpha value is -2.04. The van der Waals surface area contributed by atoms with Crippen molar-refractivity contribution in [2.75, 3.05) is 18.0 Å². The number of hydrogen-bond donors (Lipinski definition) is 1. The van der Waals surface area contributed by atoms with Gasteiger partial charge in [0.1, 0.15) is 5.75 Å². The summed E-state index contributed by atoms with van der Waals surface area (Å²) in [6.45, 7) is 3.91. The molecule has 0 unspecified atom stereocenters. The molecule has 1 aromatic heterocycles. The van der Waals surface area contributed by atoms with E-state index in [0.717, 1.165) is 24.2 Å². The van der Waals surface area contributed by atoms with Gasteiger partial charge in [0, 0.05) is 18.7 Å². The van der Waals surface area contributed by atoms with Gasteiger partial charge in [-0.25, -0.2) is 0 Å². The zero-order chi connectivity index (χ0) is 13.9. The summed E-state index contributed by atoms with van der Waals surface area (Å²) in [5, 5.41) is 13.5. The van der Waals surface area contributed by atoms with Crippen molar-refractivity contribution < 1.29 is 9.63 Å². The fourth-order valence-corrected chi connectivity index (χ4v) is 2.61. The maximum atomic E-state index is 9.45. The van der Waals surface area contributed by atoms with Crippen LogP contribution in [0.15, 0.2) is 22.7 Å². The molecule has 1 N–H and O–H groups in total. The molecule has 1 aliphatic rings. The highest BCUT2D eigenvalue weighted by atomic mass is 16.5. The van der Waals surface area contributed by atoms with Gasteiger partial charge >= 0.3 is 0 Å². The van der Waals surface area contributed by atoms with Gasteiger partial charge in [-0.1, -0.05) is 12.8 Å². The number of phenols is 1. The lowest BCUT2D eigenvalue weighted by Gasteiger charge is -2.16. The van der Waals surface area contributed by atoms with Crippen molar-refractivity contribution in [3.05, 3.63) is 23.8 Å². The van der Waals surface area contributed by atoms with Crippen LogP contribution in [0.3, 0.4) is 0 Å². The van der Waals surface area contributed by atoms with Crippen LogP contribution in [0.4, 0.5) is 5.95 Å². The fraction of sp³-hybridized carbons (Fsp3) is 0.467. The van der Waals surface area contributed by atoms with Crippen molar-refractivity contribution in [1.82, 2.24) is 10.1 Å². The molecule has 0 bridgehead atoms. The SMILES string of the molecule is Cc1cc(O)ccc1-c1nc(N2CCCCCC2)no1. The Labute approximate surface area is 118 Å². The molecule has 5 heteroatoms. The van der Waals surface area contributed by atoms with Crippen LogP contribution >= 0.6 is 0 Å². The van der Waals surface area contributed by atoms with E-state index in [1.165, 1.54) is 25.7 Å². The molecule has 3 rings (SSSR count). The van der Waals surface area contributed by atoms with Crippen molar-refractivity contribution in [3.8, 4) is 17.2 Å². The van der Waals surface area contributed by atoms with Crippen molar-refractivity contribution in [2.45, 2.75) is 32.6 Å². The molecule has 1 fully saturated rings. The van der Waals surface area contributed by atoms with Gasteiger partial charge in [0.25, 0.3) is 11.8 Å². The first kappa shape index (κ1) is 13.0. The van der Waals surface area contributed by atoms with Gasteiger partial charge in [-0.2, -0.15) is 4.98 Å². The Morgan fingerprint density at radius 2 is 1.90 bits per heavy atom. The lowest BCUT2D eigenvalue weighted by atomic mass is 10.1. The van der Waals surface area contributed by atoms with E-state index >= 15 is 0 Å². The van der Waals surface area contributed by atoms with Crippen LogP contribution in [0.25, 0.3) is 11.5 Å². The fourth-order valence-electron chi connectivity index (χ4n) is 2.61. The average Bonchev–Trinajstić information content (AvgIpc) is 2.74. The molecule has 1 aliphatic heterocycles. The van der Waals surface area contributed by atoms with Gasteiger partial charge in [0.05, 0.1) is 0 Å². The smallest absolute Gasteiger partial charge is 0.266 e. The zero-order valence-corrected chi connectivity index (χ0v) is 11.7. The van der Waals surface area contributed by atoms with E-state index in [2.05, 4.69) is 15.0 Å². The van der Waals surface area contributed by atoms with E-state index in [-0.39, 0.29) is 5.75 Å². The molecular formula is C15H19N3O2. The Morgan fingerprint density at radius 3 is 2.60 bits per heavy atom. The molecule has 20 heavy (non-hydrogen) atoms. The normalized spacial score (nSPS) is 16.1. The number of anilines is 1. The average molecular weight is 273 g/mol. The van der Waals surface area contributed by atoms with E-state index in [4.69, 9.17) is 4.52 Å². The Morgan fingerprint density at radius 1 is 1.15 bits per heavy atom. The van der Waals surface area contributed by atoms with Crippen molar-refractivity contribution in [1.29, 1.82) is 0 Å². The molecule has 0 atom stereocenters. The van der Waals surface area contributed by atoms with Gasteiger partial charge in [-0.3, -0.25) is 0 Å². The van der Waals surface area contributed by atoms with Crippen LogP contribution in [0.5, 0.6) is 5.75 Å². The topological polar surface area (TPSA) is 62.4 Å². The molecule has 0 amide bonds. The molecule has 0 aliphatic carbocycles. The molecule has 2 aromatic rings. The molecule has 106 valence electrons. The molecule has 1 aromatic carbocycles. The highest BCUT2D eigenvalue weighted by Gasteiger charge is 2.17. The molecular weight excluding hydrogens is 254 g/mol. The summed E-state index contributed by atoms with van der Waals surface area (Å²) in [7, 11) is 0. The van der Waals surface area contributed by atoms with E-state index in [0.29, 0.717) is 11.8 Å². The zero-order valence-electron chi connectivity index (χ0n) is 11.7. The molecule has 1 saturated heterocycles. The summed E-state index contributed by atoms with van der Waals surface area (Å²) in [6, 6.07) is 5.15. The van der Waals surface area contributed by atoms with Crippen molar-refractivity contribution >= 4 is 5.95 Å². The summed E-state index contributed by atoms with van der Waals surface area (Å²) < 4.78 is 5.38. The molecule has 0 saturated carbocycles. The van der Waals surface area contributed by atoms with Gasteiger partial charge in [0.2, 0.25) is 0 Å². The first-order chi connectivity index (χ1) is 9.74. The maximum absolute atomic E-state index is 9.45. The highest BCUT2D eigenvalue weighted by molar-refractivity contribution is 5.60. The minimum Gasteiger partial charge on any atom is -0.508 e. The predicted molar refractivity (Wildman–Crippen MR) is 76.8 cm³/mol. The summed E-state index contributed by atoms with van der Waals surface area (Å²) in [6.07, 6.45) is 4.92. The Balaban J connectivity index is 1.85. The number of aryl methyl sites for hydroxylation is 1. The maximum Gasteiger partial charge on any atom is 0.266 e. The number of rotatable bonds is 2. The van der Waals surface area contributed by atoms with Crippen LogP contribution in [-0.4, -0.2) is 28.3 Å². The summed E-state index contributed by atoms with van der Waals surface area (Å²) in [5.74, 6) is 1.44. The second kappa shape index (κ2) is 5.53. The third-order valence-corrected chi connectivity index (χ3v) is 3.74. The molecule has 2 heterocycles. The van der Waals surface area contributed by atoms with Gasteiger partial charge < -0.3 is 14.5 Å². The first-order valence-corrected chi connectivity index (χ1v) is 7.13. The number of aromatic nitrogens is 2. The summed E-state index contributed by atoms with van der Waals surface area (Å²) in [5.41, 5.74) is 1.80.